The number of rotatable bonds is 4. The molecule has 0 bridgehead atoms. The Kier molecular flexibility index (Phi) is 5.90. The van der Waals surface area contributed by atoms with Gasteiger partial charge < -0.3 is 9.88 Å². The monoisotopic (exact) mass is 496 g/mol. The predicted octanol–water partition coefficient (Wildman–Crippen LogP) is 4.91. The molecule has 0 saturated heterocycles. The largest absolute Gasteiger partial charge is 0.348 e. The number of pyridine rings is 1. The van der Waals surface area contributed by atoms with Crippen molar-refractivity contribution < 1.29 is 4.79 Å². The van der Waals surface area contributed by atoms with Crippen molar-refractivity contribution in [2.45, 2.75) is 30.0 Å². The molecule has 0 spiro atoms. The molecule has 1 aliphatic heterocycles. The van der Waals surface area contributed by atoms with Crippen LogP contribution in [0.4, 0.5) is 0 Å². The normalized spacial score (nSPS) is 14.9. The SMILES string of the molecule is Cc1cc(=O)c(C(=O)NCc2cnn(C)c2)c2n1-c1ccc(Cl)cc1SC(c1ccsc1)C2. The van der Waals surface area contributed by atoms with Crippen LogP contribution in [0.15, 0.2) is 63.2 Å². The number of benzene rings is 1. The van der Waals surface area contributed by atoms with Crippen LogP contribution in [0.5, 0.6) is 0 Å². The molecule has 5 rings (SSSR count). The first-order valence-electron chi connectivity index (χ1n) is 10.4. The first kappa shape index (κ1) is 22.0. The van der Waals surface area contributed by atoms with Crippen LogP contribution in [0.2, 0.25) is 5.02 Å². The highest BCUT2D eigenvalue weighted by Crippen LogP contribution is 2.45. The lowest BCUT2D eigenvalue weighted by Gasteiger charge is -2.20. The van der Waals surface area contributed by atoms with E-state index in [0.29, 0.717) is 23.7 Å². The highest BCUT2D eigenvalue weighted by Gasteiger charge is 2.29. The molecule has 0 fully saturated rings. The molecule has 1 unspecified atom stereocenters. The van der Waals surface area contributed by atoms with Crippen molar-refractivity contribution >= 4 is 40.6 Å². The summed E-state index contributed by atoms with van der Waals surface area (Å²) in [5.41, 5.74) is 4.39. The summed E-state index contributed by atoms with van der Waals surface area (Å²) in [6, 6.07) is 9.39. The molecule has 1 N–H and O–H groups in total. The Morgan fingerprint density at radius 3 is 2.88 bits per heavy atom. The molecule has 0 aliphatic carbocycles. The minimum absolute atomic E-state index is 0.0493. The van der Waals surface area contributed by atoms with Gasteiger partial charge in [-0.25, -0.2) is 0 Å². The number of nitrogens with one attached hydrogen (secondary N) is 1. The number of halogens is 1. The van der Waals surface area contributed by atoms with Gasteiger partial charge in [-0.05, 0) is 47.5 Å². The van der Waals surface area contributed by atoms with E-state index in [-0.39, 0.29) is 22.1 Å². The van der Waals surface area contributed by atoms with Crippen molar-refractivity contribution in [3.05, 3.63) is 96.8 Å². The van der Waals surface area contributed by atoms with E-state index in [2.05, 4.69) is 21.9 Å². The van der Waals surface area contributed by atoms with Crippen LogP contribution in [0.25, 0.3) is 5.69 Å². The molecule has 9 heteroatoms. The van der Waals surface area contributed by atoms with Gasteiger partial charge in [-0.15, -0.1) is 11.8 Å². The Hall–Kier alpha value is -2.81. The molecule has 0 saturated carbocycles. The van der Waals surface area contributed by atoms with Crippen molar-refractivity contribution in [3.63, 3.8) is 0 Å². The average molecular weight is 497 g/mol. The fourth-order valence-corrected chi connectivity index (χ4v) is 6.52. The van der Waals surface area contributed by atoms with E-state index in [9.17, 15) is 9.59 Å². The van der Waals surface area contributed by atoms with E-state index in [1.165, 1.54) is 11.6 Å². The molecule has 0 radical (unpaired) electrons. The zero-order valence-electron chi connectivity index (χ0n) is 18.0. The van der Waals surface area contributed by atoms with Gasteiger partial charge in [0.25, 0.3) is 5.91 Å². The highest BCUT2D eigenvalue weighted by atomic mass is 35.5. The number of carbonyl (C=O) groups is 1. The molecule has 1 aliphatic rings. The van der Waals surface area contributed by atoms with E-state index in [1.54, 1.807) is 34.0 Å². The summed E-state index contributed by atoms with van der Waals surface area (Å²) in [6.45, 7) is 2.20. The molecular weight excluding hydrogens is 476 g/mol. The van der Waals surface area contributed by atoms with Crippen molar-refractivity contribution in [2.24, 2.45) is 7.05 Å². The summed E-state index contributed by atoms with van der Waals surface area (Å²) in [6.07, 6.45) is 4.08. The highest BCUT2D eigenvalue weighted by molar-refractivity contribution is 7.99. The van der Waals surface area contributed by atoms with E-state index < -0.39 is 0 Å². The van der Waals surface area contributed by atoms with Crippen LogP contribution >= 0.6 is 34.7 Å². The molecule has 33 heavy (non-hydrogen) atoms. The van der Waals surface area contributed by atoms with E-state index in [0.717, 1.165) is 21.8 Å². The van der Waals surface area contributed by atoms with Crippen molar-refractivity contribution in [1.82, 2.24) is 19.7 Å². The minimum atomic E-state index is -0.376. The first-order chi connectivity index (χ1) is 15.9. The van der Waals surface area contributed by atoms with Crippen LogP contribution in [0, 0.1) is 6.92 Å². The summed E-state index contributed by atoms with van der Waals surface area (Å²) in [5, 5.41) is 11.9. The number of nitrogens with zero attached hydrogens (tertiary/aromatic N) is 3. The minimum Gasteiger partial charge on any atom is -0.348 e. The molecule has 1 amide bonds. The number of hydrogen-bond donors (Lipinski definition) is 1. The molecular formula is C24H21ClN4O2S2. The van der Waals surface area contributed by atoms with Gasteiger partial charge in [-0.3, -0.25) is 14.3 Å². The molecule has 4 heterocycles. The Bertz CT molecular complexity index is 1410. The topological polar surface area (TPSA) is 68.9 Å². The van der Waals surface area contributed by atoms with Crippen LogP contribution in [0.3, 0.4) is 0 Å². The number of fused-ring (bicyclic) bond motifs is 3. The van der Waals surface area contributed by atoms with E-state index >= 15 is 0 Å². The fraction of sp³-hybridized carbons (Fsp3) is 0.208. The van der Waals surface area contributed by atoms with Gasteiger partial charge in [0.05, 0.1) is 11.9 Å². The number of aryl methyl sites for hydroxylation is 2. The molecule has 6 nitrogen and oxygen atoms in total. The van der Waals surface area contributed by atoms with Gasteiger partial charge >= 0.3 is 0 Å². The number of amides is 1. The third-order valence-electron chi connectivity index (χ3n) is 5.66. The third kappa shape index (κ3) is 4.26. The van der Waals surface area contributed by atoms with Gasteiger partial charge in [0, 0.05) is 64.4 Å². The molecule has 168 valence electrons. The molecule has 3 aromatic heterocycles. The molecule has 4 aromatic rings. The zero-order chi connectivity index (χ0) is 23.1. The van der Waals surface area contributed by atoms with Gasteiger partial charge in [0.1, 0.15) is 5.56 Å². The van der Waals surface area contributed by atoms with E-state index in [4.69, 9.17) is 11.6 Å². The summed E-state index contributed by atoms with van der Waals surface area (Å²) in [7, 11) is 1.82. The summed E-state index contributed by atoms with van der Waals surface area (Å²) >= 11 is 9.68. The number of hydrogen-bond acceptors (Lipinski definition) is 5. The number of thiophene rings is 1. The summed E-state index contributed by atoms with van der Waals surface area (Å²) in [5.74, 6) is -0.376. The Morgan fingerprint density at radius 2 is 2.15 bits per heavy atom. The van der Waals surface area contributed by atoms with Crippen molar-refractivity contribution in [1.29, 1.82) is 0 Å². The molecule has 1 atom stereocenters. The second kappa shape index (κ2) is 8.85. The summed E-state index contributed by atoms with van der Waals surface area (Å²) < 4.78 is 3.71. The zero-order valence-corrected chi connectivity index (χ0v) is 20.4. The summed E-state index contributed by atoms with van der Waals surface area (Å²) in [4.78, 5) is 27.5. The van der Waals surface area contributed by atoms with Gasteiger partial charge in [0.15, 0.2) is 5.43 Å². The smallest absolute Gasteiger partial charge is 0.257 e. The maximum Gasteiger partial charge on any atom is 0.257 e. The van der Waals surface area contributed by atoms with Crippen LogP contribution in [0.1, 0.15) is 38.1 Å². The van der Waals surface area contributed by atoms with Crippen LogP contribution in [-0.4, -0.2) is 20.3 Å². The fourth-order valence-electron chi connectivity index (χ4n) is 4.18. The maximum atomic E-state index is 13.3. The Morgan fingerprint density at radius 1 is 1.30 bits per heavy atom. The lowest BCUT2D eigenvalue weighted by molar-refractivity contribution is 0.0948. The van der Waals surface area contributed by atoms with Gasteiger partial charge in [0.2, 0.25) is 0 Å². The maximum absolute atomic E-state index is 13.3. The quantitative estimate of drug-likeness (QED) is 0.435. The van der Waals surface area contributed by atoms with Crippen molar-refractivity contribution in [2.75, 3.05) is 0 Å². The van der Waals surface area contributed by atoms with Crippen LogP contribution in [-0.2, 0) is 20.0 Å². The lowest BCUT2D eigenvalue weighted by Crippen LogP contribution is -2.32. The van der Waals surface area contributed by atoms with Crippen LogP contribution < -0.4 is 10.7 Å². The molecule has 1 aromatic carbocycles. The first-order valence-corrected chi connectivity index (χ1v) is 12.6. The van der Waals surface area contributed by atoms with Gasteiger partial charge in [-0.1, -0.05) is 11.6 Å². The van der Waals surface area contributed by atoms with Gasteiger partial charge in [-0.2, -0.15) is 16.4 Å². The predicted molar refractivity (Wildman–Crippen MR) is 133 cm³/mol. The second-order valence-electron chi connectivity index (χ2n) is 7.99. The van der Waals surface area contributed by atoms with E-state index in [1.807, 2.05) is 48.3 Å². The second-order valence-corrected chi connectivity index (χ2v) is 10.5. The Balaban J connectivity index is 1.64. The standard InChI is InChI=1S/C24H21ClN4O2S2/c1-14-7-20(30)23(24(31)26-10-15-11-27-28(2)12-15)19-9-21(16-5-6-32-13-16)33-22-8-17(25)3-4-18(22)29(14)19/h3-8,11-13,21H,9-10H2,1-2H3,(H,26,31). The number of carbonyl (C=O) groups excluding carboxylic acids is 1. The average Bonchev–Trinajstić information content (AvgIpc) is 3.41. The number of thioether (sulfide) groups is 1. The third-order valence-corrected chi connectivity index (χ3v) is 7.90. The Labute approximate surface area is 204 Å². The van der Waals surface area contributed by atoms with Crippen molar-refractivity contribution in [3.8, 4) is 5.69 Å². The number of aromatic nitrogens is 3. The lowest BCUT2D eigenvalue weighted by atomic mass is 10.0.